The van der Waals surface area contributed by atoms with Crippen LogP contribution >= 0.6 is 0 Å². The third-order valence-electron chi connectivity index (χ3n) is 2.53. The normalized spacial score (nSPS) is 14.3. The van der Waals surface area contributed by atoms with Gasteiger partial charge in [-0.25, -0.2) is 4.98 Å². The molecule has 5 heteroatoms. The SMILES string of the molecule is CC(C)CC(C)(O)CNC(=O)c1ncccc1N. The van der Waals surface area contributed by atoms with Crippen molar-refractivity contribution in [2.45, 2.75) is 32.8 Å². The molecule has 1 rings (SSSR count). The van der Waals surface area contributed by atoms with E-state index < -0.39 is 5.60 Å². The molecule has 1 unspecified atom stereocenters. The minimum absolute atomic E-state index is 0.181. The van der Waals surface area contributed by atoms with E-state index in [1.807, 2.05) is 13.8 Å². The molecule has 1 atom stereocenters. The highest BCUT2D eigenvalue weighted by molar-refractivity contribution is 5.96. The fourth-order valence-electron chi connectivity index (χ4n) is 1.91. The lowest BCUT2D eigenvalue weighted by Gasteiger charge is -2.25. The number of amides is 1. The maximum Gasteiger partial charge on any atom is 0.272 e. The van der Waals surface area contributed by atoms with Gasteiger partial charge in [-0.05, 0) is 31.4 Å². The fourth-order valence-corrected chi connectivity index (χ4v) is 1.91. The van der Waals surface area contributed by atoms with Gasteiger partial charge in [-0.2, -0.15) is 0 Å². The second-order valence-corrected chi connectivity index (χ2v) is 5.22. The molecule has 0 radical (unpaired) electrons. The van der Waals surface area contributed by atoms with Gasteiger partial charge in [-0.3, -0.25) is 4.79 Å². The predicted molar refractivity (Wildman–Crippen MR) is 71.1 cm³/mol. The smallest absolute Gasteiger partial charge is 0.272 e. The molecule has 1 aromatic heterocycles. The van der Waals surface area contributed by atoms with Crippen LogP contribution in [-0.4, -0.2) is 28.1 Å². The van der Waals surface area contributed by atoms with Gasteiger partial charge in [0.2, 0.25) is 0 Å². The molecule has 0 saturated carbocycles. The predicted octanol–water partition coefficient (Wildman–Crippen LogP) is 1.19. The van der Waals surface area contributed by atoms with Gasteiger partial charge in [0.05, 0.1) is 11.3 Å². The van der Waals surface area contributed by atoms with E-state index in [4.69, 9.17) is 5.73 Å². The molecule has 0 aromatic carbocycles. The van der Waals surface area contributed by atoms with Gasteiger partial charge in [0.25, 0.3) is 5.91 Å². The van der Waals surface area contributed by atoms with Crippen LogP contribution in [0, 0.1) is 5.92 Å². The Bertz CT molecular complexity index is 416. The van der Waals surface area contributed by atoms with Gasteiger partial charge in [0, 0.05) is 12.7 Å². The lowest BCUT2D eigenvalue weighted by Crippen LogP contribution is -2.41. The molecule has 5 nitrogen and oxygen atoms in total. The number of nitrogens with zero attached hydrogens (tertiary/aromatic N) is 1. The molecule has 100 valence electrons. The standard InChI is InChI=1S/C13H21N3O2/c1-9(2)7-13(3,18)8-16-12(17)11-10(14)5-4-6-15-11/h4-6,9,18H,7-8,14H2,1-3H3,(H,16,17). The first-order valence-corrected chi connectivity index (χ1v) is 6.03. The first-order chi connectivity index (χ1) is 8.32. The van der Waals surface area contributed by atoms with Crippen LogP contribution in [0.2, 0.25) is 0 Å². The summed E-state index contributed by atoms with van der Waals surface area (Å²) in [5.74, 6) is -0.00560. The van der Waals surface area contributed by atoms with Gasteiger partial charge < -0.3 is 16.2 Å². The number of aromatic nitrogens is 1. The van der Waals surface area contributed by atoms with Crippen LogP contribution in [-0.2, 0) is 0 Å². The number of anilines is 1. The molecule has 18 heavy (non-hydrogen) atoms. The fraction of sp³-hybridized carbons (Fsp3) is 0.538. The zero-order valence-electron chi connectivity index (χ0n) is 11.1. The first-order valence-electron chi connectivity index (χ1n) is 6.03. The van der Waals surface area contributed by atoms with Crippen molar-refractivity contribution in [3.05, 3.63) is 24.0 Å². The summed E-state index contributed by atoms with van der Waals surface area (Å²) in [5, 5.41) is 12.7. The third kappa shape index (κ3) is 4.33. The van der Waals surface area contributed by atoms with Crippen molar-refractivity contribution in [3.63, 3.8) is 0 Å². The molecule has 0 aliphatic heterocycles. The molecule has 0 fully saturated rings. The van der Waals surface area contributed by atoms with Crippen LogP contribution in [0.15, 0.2) is 18.3 Å². The second-order valence-electron chi connectivity index (χ2n) is 5.22. The summed E-state index contributed by atoms with van der Waals surface area (Å²) in [6.45, 7) is 5.93. The number of aliphatic hydroxyl groups is 1. The average molecular weight is 251 g/mol. The van der Waals surface area contributed by atoms with Crippen LogP contribution in [0.25, 0.3) is 0 Å². The zero-order chi connectivity index (χ0) is 13.8. The van der Waals surface area contributed by atoms with E-state index in [-0.39, 0.29) is 18.1 Å². The monoisotopic (exact) mass is 251 g/mol. The Morgan fingerprint density at radius 1 is 1.61 bits per heavy atom. The van der Waals surface area contributed by atoms with Crippen molar-refractivity contribution in [1.29, 1.82) is 0 Å². The maximum absolute atomic E-state index is 11.8. The molecule has 4 N–H and O–H groups in total. The van der Waals surface area contributed by atoms with Gasteiger partial charge in [0.1, 0.15) is 0 Å². The Balaban J connectivity index is 2.59. The highest BCUT2D eigenvalue weighted by atomic mass is 16.3. The number of rotatable bonds is 5. The van der Waals surface area contributed by atoms with Gasteiger partial charge >= 0.3 is 0 Å². The highest BCUT2D eigenvalue weighted by Gasteiger charge is 2.23. The Morgan fingerprint density at radius 3 is 2.83 bits per heavy atom. The van der Waals surface area contributed by atoms with Crippen LogP contribution in [0.1, 0.15) is 37.7 Å². The molecular formula is C13H21N3O2. The van der Waals surface area contributed by atoms with E-state index in [1.54, 1.807) is 19.1 Å². The summed E-state index contributed by atoms with van der Waals surface area (Å²) in [5.41, 5.74) is 5.26. The maximum atomic E-state index is 11.8. The number of hydrogen-bond acceptors (Lipinski definition) is 4. The van der Waals surface area contributed by atoms with Crippen molar-refractivity contribution in [3.8, 4) is 0 Å². The zero-order valence-corrected chi connectivity index (χ0v) is 11.1. The molecule has 1 aromatic rings. The molecule has 1 amide bonds. The van der Waals surface area contributed by atoms with Crippen LogP contribution < -0.4 is 11.1 Å². The highest BCUT2D eigenvalue weighted by Crippen LogP contribution is 2.15. The number of pyridine rings is 1. The van der Waals surface area contributed by atoms with E-state index in [1.165, 1.54) is 6.20 Å². The number of nitrogens with one attached hydrogen (secondary N) is 1. The van der Waals surface area contributed by atoms with E-state index in [0.29, 0.717) is 18.0 Å². The summed E-state index contributed by atoms with van der Waals surface area (Å²) >= 11 is 0. The van der Waals surface area contributed by atoms with Crippen molar-refractivity contribution in [2.75, 3.05) is 12.3 Å². The molecule has 1 heterocycles. The quantitative estimate of drug-likeness (QED) is 0.733. The van der Waals surface area contributed by atoms with Crippen molar-refractivity contribution < 1.29 is 9.90 Å². The lowest BCUT2D eigenvalue weighted by atomic mass is 9.94. The largest absolute Gasteiger partial charge is 0.397 e. The lowest BCUT2D eigenvalue weighted by molar-refractivity contribution is 0.0367. The molecule has 0 saturated heterocycles. The van der Waals surface area contributed by atoms with Gasteiger partial charge in [-0.1, -0.05) is 13.8 Å². The first kappa shape index (κ1) is 14.4. The topological polar surface area (TPSA) is 88.2 Å². The average Bonchev–Trinajstić information content (AvgIpc) is 2.25. The van der Waals surface area contributed by atoms with Crippen molar-refractivity contribution in [1.82, 2.24) is 10.3 Å². The second kappa shape index (κ2) is 5.82. The third-order valence-corrected chi connectivity index (χ3v) is 2.53. The van der Waals surface area contributed by atoms with Crippen LogP contribution in [0.3, 0.4) is 0 Å². The number of hydrogen-bond donors (Lipinski definition) is 3. The molecule has 0 aliphatic carbocycles. The number of carbonyl (C=O) groups is 1. The summed E-state index contributed by atoms with van der Waals surface area (Å²) in [7, 11) is 0. The summed E-state index contributed by atoms with van der Waals surface area (Å²) in [6, 6.07) is 3.29. The molecule has 0 aliphatic rings. The summed E-state index contributed by atoms with van der Waals surface area (Å²) in [6.07, 6.45) is 2.13. The van der Waals surface area contributed by atoms with Crippen molar-refractivity contribution in [2.24, 2.45) is 5.92 Å². The van der Waals surface area contributed by atoms with E-state index in [9.17, 15) is 9.90 Å². The van der Waals surface area contributed by atoms with Gasteiger partial charge in [0.15, 0.2) is 5.69 Å². The number of carbonyl (C=O) groups excluding carboxylic acids is 1. The summed E-state index contributed by atoms with van der Waals surface area (Å²) < 4.78 is 0. The molecule has 0 spiro atoms. The number of nitrogens with two attached hydrogens (primary N) is 1. The van der Waals surface area contributed by atoms with Crippen molar-refractivity contribution >= 4 is 11.6 Å². The van der Waals surface area contributed by atoms with Crippen LogP contribution in [0.4, 0.5) is 5.69 Å². The minimum Gasteiger partial charge on any atom is -0.397 e. The van der Waals surface area contributed by atoms with E-state index in [2.05, 4.69) is 10.3 Å². The van der Waals surface area contributed by atoms with E-state index in [0.717, 1.165) is 0 Å². The van der Waals surface area contributed by atoms with E-state index >= 15 is 0 Å². The molecular weight excluding hydrogens is 230 g/mol. The summed E-state index contributed by atoms with van der Waals surface area (Å²) in [4.78, 5) is 15.8. The Labute approximate surface area is 107 Å². The van der Waals surface area contributed by atoms with Gasteiger partial charge in [-0.15, -0.1) is 0 Å². The Hall–Kier alpha value is -1.62. The van der Waals surface area contributed by atoms with Crippen LogP contribution in [0.5, 0.6) is 0 Å². The Kier molecular flexibility index (Phi) is 4.67. The Morgan fingerprint density at radius 2 is 2.28 bits per heavy atom. The minimum atomic E-state index is -0.923. The molecule has 0 bridgehead atoms. The number of nitrogen functional groups attached to an aromatic ring is 1.